The average molecular weight is 363 g/mol. The molecular formula is C19H29N3O4. The van der Waals surface area contributed by atoms with Crippen molar-refractivity contribution >= 4 is 17.8 Å². The molecule has 1 aromatic rings. The molecule has 0 bridgehead atoms. The third-order valence-corrected chi connectivity index (χ3v) is 4.08. The van der Waals surface area contributed by atoms with Gasteiger partial charge in [-0.1, -0.05) is 37.6 Å². The number of carbonyl (C=O) groups excluding carboxylic acids is 2. The zero-order chi connectivity index (χ0) is 19.5. The Morgan fingerprint density at radius 1 is 1.15 bits per heavy atom. The molecule has 144 valence electrons. The van der Waals surface area contributed by atoms with Crippen molar-refractivity contribution < 1.29 is 19.5 Å². The molecule has 5 N–H and O–H groups in total. The van der Waals surface area contributed by atoms with E-state index in [1.807, 2.05) is 12.1 Å². The molecule has 0 heterocycles. The number of hydrogen-bond donors (Lipinski definition) is 4. The largest absolute Gasteiger partial charge is 0.480 e. The number of carboxylic acids is 1. The summed E-state index contributed by atoms with van der Waals surface area (Å²) in [6, 6.07) is 6.31. The van der Waals surface area contributed by atoms with E-state index >= 15 is 0 Å². The predicted molar refractivity (Wildman–Crippen MR) is 99.4 cm³/mol. The number of benzene rings is 1. The minimum atomic E-state index is -1.11. The first-order valence-corrected chi connectivity index (χ1v) is 8.96. The van der Waals surface area contributed by atoms with E-state index in [4.69, 9.17) is 10.8 Å². The lowest BCUT2D eigenvalue weighted by Gasteiger charge is -2.13. The summed E-state index contributed by atoms with van der Waals surface area (Å²) in [5.74, 6) is -1.88. The number of hydrogen-bond acceptors (Lipinski definition) is 4. The summed E-state index contributed by atoms with van der Waals surface area (Å²) in [5, 5.41) is 13.8. The van der Waals surface area contributed by atoms with Gasteiger partial charge < -0.3 is 21.5 Å². The highest BCUT2D eigenvalue weighted by Crippen LogP contribution is 2.08. The first-order valence-electron chi connectivity index (χ1n) is 8.96. The van der Waals surface area contributed by atoms with Gasteiger partial charge in [0, 0.05) is 13.0 Å². The first-order chi connectivity index (χ1) is 12.3. The third-order valence-electron chi connectivity index (χ3n) is 4.08. The van der Waals surface area contributed by atoms with E-state index in [-0.39, 0.29) is 18.7 Å². The molecule has 0 aromatic heterocycles. The van der Waals surface area contributed by atoms with E-state index < -0.39 is 24.0 Å². The van der Waals surface area contributed by atoms with E-state index in [9.17, 15) is 14.4 Å². The molecule has 0 aliphatic rings. The van der Waals surface area contributed by atoms with Gasteiger partial charge in [-0.2, -0.15) is 0 Å². The second kappa shape index (κ2) is 11.3. The lowest BCUT2D eigenvalue weighted by Crippen LogP contribution is -2.42. The van der Waals surface area contributed by atoms with Gasteiger partial charge in [0.05, 0.1) is 6.04 Å². The maximum atomic E-state index is 12.0. The summed E-state index contributed by atoms with van der Waals surface area (Å²) >= 11 is 0. The number of carboxylic acid groups (broad SMARTS) is 1. The topological polar surface area (TPSA) is 122 Å². The zero-order valence-corrected chi connectivity index (χ0v) is 15.5. The number of amides is 2. The molecule has 0 fully saturated rings. The van der Waals surface area contributed by atoms with Crippen LogP contribution in [0.2, 0.25) is 0 Å². The molecule has 26 heavy (non-hydrogen) atoms. The molecule has 0 radical (unpaired) electrons. The maximum absolute atomic E-state index is 12.0. The fourth-order valence-corrected chi connectivity index (χ4v) is 2.32. The number of aryl methyl sites for hydroxylation is 1. The van der Waals surface area contributed by atoms with Crippen LogP contribution in [0, 0.1) is 0 Å². The van der Waals surface area contributed by atoms with Crippen molar-refractivity contribution in [1.29, 1.82) is 0 Å². The van der Waals surface area contributed by atoms with Gasteiger partial charge in [-0.3, -0.25) is 14.4 Å². The minimum absolute atomic E-state index is 0.00165. The summed E-state index contributed by atoms with van der Waals surface area (Å²) < 4.78 is 0. The summed E-state index contributed by atoms with van der Waals surface area (Å²) in [6.07, 6.45) is 3.52. The van der Waals surface area contributed by atoms with Crippen molar-refractivity contribution in [2.45, 2.75) is 64.6 Å². The maximum Gasteiger partial charge on any atom is 0.325 e. The van der Waals surface area contributed by atoms with Crippen LogP contribution >= 0.6 is 0 Å². The Labute approximate surface area is 154 Å². The van der Waals surface area contributed by atoms with Gasteiger partial charge in [0.1, 0.15) is 6.04 Å². The summed E-state index contributed by atoms with van der Waals surface area (Å²) in [6.45, 7) is 3.91. The van der Waals surface area contributed by atoms with Crippen LogP contribution < -0.4 is 16.4 Å². The van der Waals surface area contributed by atoms with Crippen LogP contribution in [0.4, 0.5) is 0 Å². The van der Waals surface area contributed by atoms with Gasteiger partial charge in [0.2, 0.25) is 11.8 Å². The highest BCUT2D eigenvalue weighted by atomic mass is 16.4. The summed E-state index contributed by atoms with van der Waals surface area (Å²) in [4.78, 5) is 34.3. The molecule has 0 aliphatic heterocycles. The number of unbranched alkanes of at least 4 members (excludes halogenated alkanes) is 1. The van der Waals surface area contributed by atoms with Gasteiger partial charge in [-0.15, -0.1) is 0 Å². The summed E-state index contributed by atoms with van der Waals surface area (Å²) in [5.41, 5.74) is 8.05. The molecular weight excluding hydrogens is 334 g/mol. The fourth-order valence-electron chi connectivity index (χ4n) is 2.32. The fraction of sp³-hybridized carbons (Fsp3) is 0.526. The van der Waals surface area contributed by atoms with Crippen LogP contribution in [0.15, 0.2) is 24.3 Å². The highest BCUT2D eigenvalue weighted by Gasteiger charge is 2.17. The summed E-state index contributed by atoms with van der Waals surface area (Å²) in [7, 11) is 0. The second-order valence-electron chi connectivity index (χ2n) is 6.41. The monoisotopic (exact) mass is 363 g/mol. The minimum Gasteiger partial charge on any atom is -0.480 e. The average Bonchev–Trinajstić information content (AvgIpc) is 2.63. The van der Waals surface area contributed by atoms with Crippen LogP contribution in [0.1, 0.15) is 50.7 Å². The van der Waals surface area contributed by atoms with Crippen molar-refractivity contribution in [1.82, 2.24) is 10.6 Å². The van der Waals surface area contributed by atoms with E-state index in [1.54, 1.807) is 0 Å². The Morgan fingerprint density at radius 3 is 2.35 bits per heavy atom. The molecule has 1 aromatic carbocycles. The van der Waals surface area contributed by atoms with Crippen molar-refractivity contribution in [2.75, 3.05) is 0 Å². The van der Waals surface area contributed by atoms with Gasteiger partial charge in [0.15, 0.2) is 0 Å². The first kappa shape index (κ1) is 21.6. The third kappa shape index (κ3) is 8.11. The van der Waals surface area contributed by atoms with Crippen LogP contribution in [-0.4, -0.2) is 35.0 Å². The Morgan fingerprint density at radius 2 is 1.77 bits per heavy atom. The Kier molecular flexibility index (Phi) is 9.36. The standard InChI is InChI=1S/C19H29N3O4/c1-3-4-5-14-6-8-15(9-7-14)12-21-18(24)16(20)10-11-17(23)22-13(2)19(25)26/h6-9,13,16H,3-5,10-12,20H2,1-2H3,(H,21,24)(H,22,23)(H,25,26)/t13-,16-/m0/s1. The van der Waals surface area contributed by atoms with Gasteiger partial charge in [0.25, 0.3) is 0 Å². The molecule has 0 saturated heterocycles. The number of nitrogens with one attached hydrogen (secondary N) is 2. The van der Waals surface area contributed by atoms with Gasteiger partial charge >= 0.3 is 5.97 Å². The molecule has 2 atom stereocenters. The van der Waals surface area contributed by atoms with Crippen molar-refractivity contribution in [2.24, 2.45) is 5.73 Å². The van der Waals surface area contributed by atoms with E-state index in [2.05, 4.69) is 29.7 Å². The van der Waals surface area contributed by atoms with Crippen LogP contribution in [0.25, 0.3) is 0 Å². The molecule has 2 amide bonds. The Hall–Kier alpha value is -2.41. The van der Waals surface area contributed by atoms with Gasteiger partial charge in [-0.25, -0.2) is 0 Å². The molecule has 0 spiro atoms. The van der Waals surface area contributed by atoms with Crippen LogP contribution in [-0.2, 0) is 27.3 Å². The molecule has 7 nitrogen and oxygen atoms in total. The predicted octanol–water partition coefficient (Wildman–Crippen LogP) is 1.34. The van der Waals surface area contributed by atoms with E-state index in [0.717, 1.165) is 24.8 Å². The quantitative estimate of drug-likeness (QED) is 0.473. The molecule has 0 saturated carbocycles. The number of carbonyl (C=O) groups is 3. The molecule has 1 rings (SSSR count). The van der Waals surface area contributed by atoms with Crippen molar-refractivity contribution in [3.8, 4) is 0 Å². The van der Waals surface area contributed by atoms with E-state index in [1.165, 1.54) is 12.5 Å². The lowest BCUT2D eigenvalue weighted by atomic mass is 10.1. The van der Waals surface area contributed by atoms with Crippen LogP contribution in [0.3, 0.4) is 0 Å². The number of rotatable bonds is 11. The molecule has 0 unspecified atom stereocenters. The lowest BCUT2D eigenvalue weighted by molar-refractivity contribution is -0.141. The Balaban J connectivity index is 2.33. The molecule has 7 heteroatoms. The smallest absolute Gasteiger partial charge is 0.325 e. The van der Waals surface area contributed by atoms with Gasteiger partial charge in [-0.05, 0) is 37.3 Å². The zero-order valence-electron chi connectivity index (χ0n) is 15.5. The second-order valence-corrected chi connectivity index (χ2v) is 6.41. The SMILES string of the molecule is CCCCc1ccc(CNC(=O)[C@@H](N)CCC(=O)N[C@@H](C)C(=O)O)cc1. The highest BCUT2D eigenvalue weighted by molar-refractivity contribution is 5.85. The molecule has 0 aliphatic carbocycles. The van der Waals surface area contributed by atoms with Crippen LogP contribution in [0.5, 0.6) is 0 Å². The number of nitrogens with two attached hydrogens (primary N) is 1. The number of aliphatic carboxylic acids is 1. The van der Waals surface area contributed by atoms with Crippen molar-refractivity contribution in [3.05, 3.63) is 35.4 Å². The Bertz CT molecular complexity index is 601. The van der Waals surface area contributed by atoms with E-state index in [0.29, 0.717) is 6.54 Å². The normalized spacial score (nSPS) is 12.9. The van der Waals surface area contributed by atoms with Crippen molar-refractivity contribution in [3.63, 3.8) is 0 Å².